The molecule has 0 radical (unpaired) electrons. The number of aliphatic hydroxyl groups excluding tert-OH is 2. The van der Waals surface area contributed by atoms with E-state index in [1.54, 1.807) is 4.57 Å². The maximum absolute atomic E-state index is 9.93. The Morgan fingerprint density at radius 3 is 2.46 bits per heavy atom. The van der Waals surface area contributed by atoms with E-state index >= 15 is 0 Å². The number of carboxylic acid groups (broad SMARTS) is 2. The molecule has 0 bridgehead atoms. The van der Waals surface area contributed by atoms with Gasteiger partial charge >= 0.3 is 11.9 Å². The minimum atomic E-state index is -1.26. The van der Waals surface area contributed by atoms with Crippen molar-refractivity contribution in [3.63, 3.8) is 0 Å². The summed E-state index contributed by atoms with van der Waals surface area (Å²) in [6, 6.07) is 0. The van der Waals surface area contributed by atoms with Crippen LogP contribution in [0, 0.1) is 0 Å². The van der Waals surface area contributed by atoms with Gasteiger partial charge in [-0.3, -0.25) is 4.57 Å². The number of ether oxygens (including phenoxy) is 1. The molecule has 0 aromatic carbocycles. The number of carboxylic acids is 2. The van der Waals surface area contributed by atoms with Crippen molar-refractivity contribution in [1.29, 1.82) is 0 Å². The first-order valence-corrected chi connectivity index (χ1v) is 7.34. The average Bonchev–Trinajstić information content (AvgIpc) is 3.17. The second-order valence-electron chi connectivity index (χ2n) is 5.23. The first kappa shape index (κ1) is 19.2. The molecule has 0 unspecified atom stereocenters. The van der Waals surface area contributed by atoms with Gasteiger partial charge in [0.15, 0.2) is 17.7 Å². The Labute approximate surface area is 146 Å². The minimum Gasteiger partial charge on any atom is -0.478 e. The monoisotopic (exact) mass is 367 g/mol. The SMILES string of the molecule is Nc1ncnc2c1ncn2[C@@H]1O[C@H](CO)C[C@H]1O.O=C(O)/C=C/C(=O)O. The second kappa shape index (κ2) is 8.33. The van der Waals surface area contributed by atoms with Crippen LogP contribution in [-0.2, 0) is 14.3 Å². The number of hydrogen-bond donors (Lipinski definition) is 5. The fraction of sp³-hybridized carbons (Fsp3) is 0.357. The van der Waals surface area contributed by atoms with Crippen molar-refractivity contribution < 1.29 is 34.8 Å². The summed E-state index contributed by atoms with van der Waals surface area (Å²) in [5.74, 6) is -2.23. The third-order valence-electron chi connectivity index (χ3n) is 3.40. The van der Waals surface area contributed by atoms with E-state index in [9.17, 15) is 14.7 Å². The molecule has 3 heterocycles. The fourth-order valence-corrected chi connectivity index (χ4v) is 2.30. The molecule has 3 rings (SSSR count). The molecule has 1 aliphatic rings. The van der Waals surface area contributed by atoms with Crippen molar-refractivity contribution in [3.05, 3.63) is 24.8 Å². The molecule has 0 amide bonds. The Morgan fingerprint density at radius 1 is 1.27 bits per heavy atom. The molecule has 2 aromatic heterocycles. The van der Waals surface area contributed by atoms with Crippen molar-refractivity contribution in [1.82, 2.24) is 19.5 Å². The van der Waals surface area contributed by atoms with E-state index < -0.39 is 24.3 Å². The highest BCUT2D eigenvalue weighted by atomic mass is 16.5. The number of fused-ring (bicyclic) bond motifs is 1. The summed E-state index contributed by atoms with van der Waals surface area (Å²) in [6.45, 7) is -0.128. The average molecular weight is 367 g/mol. The molecule has 2 aromatic rings. The van der Waals surface area contributed by atoms with Gasteiger partial charge in [-0.15, -0.1) is 0 Å². The molecule has 140 valence electrons. The Hall–Kier alpha value is -3.09. The van der Waals surface area contributed by atoms with Crippen LogP contribution >= 0.6 is 0 Å². The summed E-state index contributed by atoms with van der Waals surface area (Å²) in [7, 11) is 0. The molecule has 1 saturated heterocycles. The summed E-state index contributed by atoms with van der Waals surface area (Å²) in [5.41, 5.74) is 6.66. The van der Waals surface area contributed by atoms with Gasteiger partial charge in [0, 0.05) is 18.6 Å². The topological polar surface area (TPSA) is 194 Å². The van der Waals surface area contributed by atoms with Crippen LogP contribution in [0.3, 0.4) is 0 Å². The van der Waals surface area contributed by atoms with E-state index in [2.05, 4.69) is 15.0 Å². The van der Waals surface area contributed by atoms with Crippen molar-refractivity contribution in [2.45, 2.75) is 24.9 Å². The number of nitrogens with zero attached hydrogens (tertiary/aromatic N) is 4. The predicted octanol–water partition coefficient (Wildman–Crippen LogP) is -1.24. The lowest BCUT2D eigenvalue weighted by molar-refractivity contribution is -0.134. The number of anilines is 1. The van der Waals surface area contributed by atoms with Crippen LogP contribution in [0.5, 0.6) is 0 Å². The van der Waals surface area contributed by atoms with Crippen LogP contribution in [0.15, 0.2) is 24.8 Å². The molecule has 0 aliphatic carbocycles. The van der Waals surface area contributed by atoms with E-state index in [0.717, 1.165) is 0 Å². The van der Waals surface area contributed by atoms with E-state index in [0.29, 0.717) is 29.7 Å². The normalized spacial score (nSPS) is 22.3. The number of nitrogens with two attached hydrogens (primary N) is 1. The highest BCUT2D eigenvalue weighted by molar-refractivity contribution is 5.89. The number of hydrogen-bond acceptors (Lipinski definition) is 9. The molecule has 12 heteroatoms. The van der Waals surface area contributed by atoms with Gasteiger partial charge in [-0.1, -0.05) is 0 Å². The fourth-order valence-electron chi connectivity index (χ4n) is 2.30. The van der Waals surface area contributed by atoms with Crippen molar-refractivity contribution in [3.8, 4) is 0 Å². The predicted molar refractivity (Wildman–Crippen MR) is 85.8 cm³/mol. The zero-order chi connectivity index (χ0) is 19.3. The quantitative estimate of drug-likeness (QED) is 0.406. The van der Waals surface area contributed by atoms with Gasteiger partial charge in [-0.05, 0) is 0 Å². The van der Waals surface area contributed by atoms with Gasteiger partial charge < -0.3 is 30.9 Å². The van der Waals surface area contributed by atoms with E-state index in [4.69, 9.17) is 25.8 Å². The summed E-state index contributed by atoms with van der Waals surface area (Å²) < 4.78 is 7.14. The Morgan fingerprint density at radius 2 is 1.92 bits per heavy atom. The molecule has 26 heavy (non-hydrogen) atoms. The summed E-state index contributed by atoms with van der Waals surface area (Å²) >= 11 is 0. The van der Waals surface area contributed by atoms with Gasteiger partial charge in [-0.25, -0.2) is 24.5 Å². The largest absolute Gasteiger partial charge is 0.478 e. The smallest absolute Gasteiger partial charge is 0.328 e. The van der Waals surface area contributed by atoms with Crippen molar-refractivity contribution in [2.75, 3.05) is 12.3 Å². The van der Waals surface area contributed by atoms with E-state index in [1.807, 2.05) is 0 Å². The molecule has 6 N–H and O–H groups in total. The van der Waals surface area contributed by atoms with Crippen molar-refractivity contribution in [2.24, 2.45) is 0 Å². The molecule has 0 spiro atoms. The van der Waals surface area contributed by atoms with E-state index in [1.165, 1.54) is 12.7 Å². The third-order valence-corrected chi connectivity index (χ3v) is 3.40. The van der Waals surface area contributed by atoms with Crippen LogP contribution in [0.25, 0.3) is 11.2 Å². The Balaban J connectivity index is 0.000000260. The third kappa shape index (κ3) is 4.50. The molecule has 1 fully saturated rings. The number of aromatic nitrogens is 4. The van der Waals surface area contributed by atoms with Gasteiger partial charge in [0.25, 0.3) is 0 Å². The molecule has 0 saturated carbocycles. The maximum Gasteiger partial charge on any atom is 0.328 e. The Bertz CT molecular complexity index is 805. The van der Waals surface area contributed by atoms with Crippen molar-refractivity contribution >= 4 is 28.9 Å². The van der Waals surface area contributed by atoms with Gasteiger partial charge in [0.2, 0.25) is 0 Å². The second-order valence-corrected chi connectivity index (χ2v) is 5.23. The number of rotatable bonds is 4. The molecular weight excluding hydrogens is 350 g/mol. The first-order valence-electron chi connectivity index (χ1n) is 7.34. The number of nitrogen functional groups attached to an aromatic ring is 1. The zero-order valence-corrected chi connectivity index (χ0v) is 13.3. The maximum atomic E-state index is 9.93. The molecule has 12 nitrogen and oxygen atoms in total. The molecular formula is C14H17N5O7. The number of aliphatic hydroxyl groups is 2. The zero-order valence-electron chi connectivity index (χ0n) is 13.3. The summed E-state index contributed by atoms with van der Waals surface area (Å²) in [5, 5.41) is 34.6. The van der Waals surface area contributed by atoms with Crippen LogP contribution in [0.2, 0.25) is 0 Å². The highest BCUT2D eigenvalue weighted by Gasteiger charge is 2.35. The highest BCUT2D eigenvalue weighted by Crippen LogP contribution is 2.31. The van der Waals surface area contributed by atoms with Crippen LogP contribution in [0.4, 0.5) is 5.82 Å². The number of aliphatic carboxylic acids is 2. The van der Waals surface area contributed by atoms with E-state index in [-0.39, 0.29) is 18.5 Å². The first-order chi connectivity index (χ1) is 12.3. The lowest BCUT2D eigenvalue weighted by Crippen LogP contribution is -2.19. The Kier molecular flexibility index (Phi) is 6.16. The van der Waals surface area contributed by atoms with Crippen LogP contribution < -0.4 is 5.73 Å². The summed E-state index contributed by atoms with van der Waals surface area (Å²) in [4.78, 5) is 31.1. The minimum absolute atomic E-state index is 0.128. The number of imidazole rings is 1. The van der Waals surface area contributed by atoms with Crippen LogP contribution in [-0.4, -0.2) is 70.7 Å². The lowest BCUT2D eigenvalue weighted by atomic mass is 10.2. The van der Waals surface area contributed by atoms with Gasteiger partial charge in [-0.2, -0.15) is 0 Å². The molecule has 3 atom stereocenters. The van der Waals surface area contributed by atoms with Gasteiger partial charge in [0.1, 0.15) is 17.9 Å². The summed E-state index contributed by atoms with van der Waals surface area (Å²) in [6.07, 6.45) is 2.63. The standard InChI is InChI=1S/C10H13N5O3.C4H4O4/c11-8-7-9(13-3-12-8)15(4-14-7)10-6(17)1-5(2-16)18-10;5-3(6)1-2-4(7)8/h3-6,10,16-17H,1-2H2,(H2,11,12,13);1-2H,(H,5,6)(H,7,8)/b;2-1+/t5-,6+,10+;/m0./s1. The lowest BCUT2D eigenvalue weighted by Gasteiger charge is -2.16. The van der Waals surface area contributed by atoms with Crippen LogP contribution in [0.1, 0.15) is 12.6 Å². The number of carbonyl (C=O) groups is 2. The van der Waals surface area contributed by atoms with Gasteiger partial charge in [0.05, 0.1) is 19.0 Å². The molecule has 1 aliphatic heterocycles.